The third-order valence-corrected chi connectivity index (χ3v) is 3.05. The molecule has 0 aliphatic heterocycles. The third kappa shape index (κ3) is 1.46. The van der Waals surface area contributed by atoms with Crippen molar-refractivity contribution in [2.24, 2.45) is 0 Å². The molecule has 1 aromatic rings. The molecule has 0 spiro atoms. The Balaban J connectivity index is 2.68. The zero-order valence-electron chi connectivity index (χ0n) is 7.09. The molecular formula is C11H9BrO. The number of aldehydes is 1. The van der Waals surface area contributed by atoms with Gasteiger partial charge in [-0.25, -0.2) is 0 Å². The van der Waals surface area contributed by atoms with Crippen molar-refractivity contribution in [1.82, 2.24) is 0 Å². The predicted octanol–water partition coefficient (Wildman–Crippen LogP) is 3.22. The number of halogens is 1. The molecule has 66 valence electrons. The van der Waals surface area contributed by atoms with Crippen LogP contribution < -0.4 is 0 Å². The molecule has 0 amide bonds. The first-order chi connectivity index (χ1) is 6.33. The van der Waals surface area contributed by atoms with Crippen LogP contribution in [-0.4, -0.2) is 6.29 Å². The lowest BCUT2D eigenvalue weighted by Gasteiger charge is -2.13. The van der Waals surface area contributed by atoms with Gasteiger partial charge in [-0.2, -0.15) is 0 Å². The first-order valence-corrected chi connectivity index (χ1v) is 5.05. The van der Waals surface area contributed by atoms with E-state index < -0.39 is 0 Å². The molecule has 0 N–H and O–H groups in total. The minimum atomic E-state index is 0.786. The normalized spacial score (nSPS) is 13.9. The van der Waals surface area contributed by atoms with E-state index in [1.54, 1.807) is 0 Å². The summed E-state index contributed by atoms with van der Waals surface area (Å²) in [5, 5.41) is 0. The van der Waals surface area contributed by atoms with Gasteiger partial charge in [-0.1, -0.05) is 28.1 Å². The zero-order chi connectivity index (χ0) is 9.26. The van der Waals surface area contributed by atoms with E-state index in [0.717, 1.165) is 34.7 Å². The molecule has 1 aliphatic rings. The van der Waals surface area contributed by atoms with Crippen LogP contribution in [0.15, 0.2) is 22.7 Å². The second-order valence-corrected chi connectivity index (χ2v) is 3.94. The van der Waals surface area contributed by atoms with Crippen molar-refractivity contribution >= 4 is 28.3 Å². The van der Waals surface area contributed by atoms with Crippen molar-refractivity contribution in [3.8, 4) is 0 Å². The number of hydrogen-bond donors (Lipinski definition) is 0. The van der Waals surface area contributed by atoms with Crippen LogP contribution in [0.3, 0.4) is 0 Å². The Morgan fingerprint density at radius 2 is 2.23 bits per heavy atom. The van der Waals surface area contributed by atoms with Crippen LogP contribution in [0, 0.1) is 0 Å². The van der Waals surface area contributed by atoms with Gasteiger partial charge in [0, 0.05) is 10.0 Å². The Hall–Kier alpha value is -0.890. The van der Waals surface area contributed by atoms with Crippen molar-refractivity contribution < 1.29 is 4.79 Å². The van der Waals surface area contributed by atoms with Crippen molar-refractivity contribution in [3.05, 3.63) is 39.4 Å². The summed E-state index contributed by atoms with van der Waals surface area (Å²) in [6.45, 7) is 0. The highest BCUT2D eigenvalue weighted by Gasteiger charge is 2.11. The molecule has 1 aliphatic carbocycles. The Bertz CT molecular complexity index is 380. The first-order valence-electron chi connectivity index (χ1n) is 4.26. The molecule has 13 heavy (non-hydrogen) atoms. The highest BCUT2D eigenvalue weighted by molar-refractivity contribution is 9.10. The Morgan fingerprint density at radius 3 is 3.00 bits per heavy atom. The van der Waals surface area contributed by atoms with Crippen molar-refractivity contribution in [2.75, 3.05) is 0 Å². The SMILES string of the molecule is O=Cc1ccc(Br)c2c1C=CCC2. The topological polar surface area (TPSA) is 17.1 Å². The van der Waals surface area contributed by atoms with Crippen molar-refractivity contribution in [1.29, 1.82) is 0 Å². The minimum absolute atomic E-state index is 0.786. The van der Waals surface area contributed by atoms with E-state index in [0.29, 0.717) is 0 Å². The molecular weight excluding hydrogens is 228 g/mol. The predicted molar refractivity (Wildman–Crippen MR) is 56.9 cm³/mol. The van der Waals surface area contributed by atoms with E-state index in [9.17, 15) is 4.79 Å². The largest absolute Gasteiger partial charge is 0.298 e. The number of benzene rings is 1. The summed E-state index contributed by atoms with van der Waals surface area (Å²) in [5.74, 6) is 0. The summed E-state index contributed by atoms with van der Waals surface area (Å²) in [5.41, 5.74) is 3.12. The van der Waals surface area contributed by atoms with Crippen LogP contribution in [0.4, 0.5) is 0 Å². The molecule has 0 fully saturated rings. The molecule has 2 heteroatoms. The van der Waals surface area contributed by atoms with E-state index in [1.807, 2.05) is 18.2 Å². The van der Waals surface area contributed by atoms with E-state index in [2.05, 4.69) is 22.0 Å². The first kappa shape index (κ1) is 8.70. The monoisotopic (exact) mass is 236 g/mol. The lowest BCUT2D eigenvalue weighted by Crippen LogP contribution is -1.99. The molecule has 1 nitrogen and oxygen atoms in total. The van der Waals surface area contributed by atoms with Gasteiger partial charge in [0.2, 0.25) is 0 Å². The number of rotatable bonds is 1. The average molecular weight is 237 g/mol. The summed E-state index contributed by atoms with van der Waals surface area (Å²) in [6, 6.07) is 3.80. The van der Waals surface area contributed by atoms with E-state index in [1.165, 1.54) is 5.56 Å². The molecule has 0 bridgehead atoms. The molecule has 1 aromatic carbocycles. The van der Waals surface area contributed by atoms with Gasteiger partial charge in [-0.15, -0.1) is 0 Å². The molecule has 0 saturated carbocycles. The van der Waals surface area contributed by atoms with E-state index in [4.69, 9.17) is 0 Å². The maximum Gasteiger partial charge on any atom is 0.150 e. The summed E-state index contributed by atoms with van der Waals surface area (Å²) in [7, 11) is 0. The molecule has 0 radical (unpaired) electrons. The fraction of sp³-hybridized carbons (Fsp3) is 0.182. The smallest absolute Gasteiger partial charge is 0.150 e. The zero-order valence-corrected chi connectivity index (χ0v) is 8.67. The van der Waals surface area contributed by atoms with Gasteiger partial charge >= 0.3 is 0 Å². The maximum absolute atomic E-state index is 10.7. The number of fused-ring (bicyclic) bond motifs is 1. The van der Waals surface area contributed by atoms with Gasteiger partial charge in [0.05, 0.1) is 0 Å². The van der Waals surface area contributed by atoms with Crippen LogP contribution >= 0.6 is 15.9 Å². The van der Waals surface area contributed by atoms with Gasteiger partial charge in [-0.05, 0) is 36.1 Å². The summed E-state index contributed by atoms with van der Waals surface area (Å²) < 4.78 is 1.11. The maximum atomic E-state index is 10.7. The van der Waals surface area contributed by atoms with E-state index in [-0.39, 0.29) is 0 Å². The fourth-order valence-electron chi connectivity index (χ4n) is 1.64. The Kier molecular flexibility index (Phi) is 2.32. The summed E-state index contributed by atoms with van der Waals surface area (Å²) in [4.78, 5) is 10.7. The van der Waals surface area contributed by atoms with Gasteiger partial charge in [0.15, 0.2) is 6.29 Å². The Morgan fingerprint density at radius 1 is 1.38 bits per heavy atom. The van der Waals surface area contributed by atoms with Crippen LogP contribution in [0.2, 0.25) is 0 Å². The molecule has 0 saturated heterocycles. The highest BCUT2D eigenvalue weighted by Crippen LogP contribution is 2.28. The molecule has 0 atom stereocenters. The number of hydrogen-bond acceptors (Lipinski definition) is 1. The van der Waals surface area contributed by atoms with Crippen LogP contribution in [0.1, 0.15) is 27.9 Å². The lowest BCUT2D eigenvalue weighted by molar-refractivity contribution is 0.112. The number of carbonyl (C=O) groups is 1. The molecule has 2 rings (SSSR count). The molecule has 0 unspecified atom stereocenters. The van der Waals surface area contributed by atoms with Crippen molar-refractivity contribution in [2.45, 2.75) is 12.8 Å². The second kappa shape index (κ2) is 3.46. The quantitative estimate of drug-likeness (QED) is 0.685. The summed E-state index contributed by atoms with van der Waals surface area (Å²) in [6.07, 6.45) is 7.15. The van der Waals surface area contributed by atoms with E-state index >= 15 is 0 Å². The third-order valence-electron chi connectivity index (χ3n) is 2.31. The fourth-order valence-corrected chi connectivity index (χ4v) is 2.18. The van der Waals surface area contributed by atoms with Crippen LogP contribution in [0.25, 0.3) is 6.08 Å². The Labute approximate surface area is 85.6 Å². The second-order valence-electron chi connectivity index (χ2n) is 3.09. The number of allylic oxidation sites excluding steroid dienone is 1. The van der Waals surface area contributed by atoms with Gasteiger partial charge in [0.25, 0.3) is 0 Å². The lowest BCUT2D eigenvalue weighted by atomic mass is 9.94. The van der Waals surface area contributed by atoms with Gasteiger partial charge in [0.1, 0.15) is 0 Å². The van der Waals surface area contributed by atoms with Gasteiger partial charge < -0.3 is 0 Å². The molecule has 0 aromatic heterocycles. The van der Waals surface area contributed by atoms with Gasteiger partial charge in [-0.3, -0.25) is 4.79 Å². The van der Waals surface area contributed by atoms with Crippen LogP contribution in [-0.2, 0) is 6.42 Å². The standard InChI is InChI=1S/C11H9BrO/c12-11-6-5-8(7-13)9-3-1-2-4-10(9)11/h1,3,5-7H,2,4H2. The average Bonchev–Trinajstić information content (AvgIpc) is 2.19. The highest BCUT2D eigenvalue weighted by atomic mass is 79.9. The minimum Gasteiger partial charge on any atom is -0.298 e. The molecule has 0 heterocycles. The van der Waals surface area contributed by atoms with Crippen LogP contribution in [0.5, 0.6) is 0 Å². The summed E-state index contributed by atoms with van der Waals surface area (Å²) >= 11 is 3.50. The number of carbonyl (C=O) groups excluding carboxylic acids is 1. The van der Waals surface area contributed by atoms with Crippen molar-refractivity contribution in [3.63, 3.8) is 0 Å².